The third kappa shape index (κ3) is 4.92. The molecule has 4 nitrogen and oxygen atoms in total. The first-order valence-corrected chi connectivity index (χ1v) is 11.1. The first-order valence-electron chi connectivity index (χ1n) is 10.2. The summed E-state index contributed by atoms with van der Waals surface area (Å²) in [5.41, 5.74) is 0.686. The summed E-state index contributed by atoms with van der Waals surface area (Å²) in [6.07, 6.45) is -4.37. The quantitative estimate of drug-likeness (QED) is 0.508. The van der Waals surface area contributed by atoms with E-state index in [4.69, 9.17) is 0 Å². The third-order valence-electron chi connectivity index (χ3n) is 5.47. The van der Waals surface area contributed by atoms with Gasteiger partial charge in [-0.3, -0.25) is 14.5 Å². The molecule has 0 N–H and O–H groups in total. The van der Waals surface area contributed by atoms with Crippen molar-refractivity contribution in [3.63, 3.8) is 0 Å². The van der Waals surface area contributed by atoms with Crippen molar-refractivity contribution in [2.75, 3.05) is 26.2 Å². The zero-order valence-corrected chi connectivity index (χ0v) is 18.0. The van der Waals surface area contributed by atoms with Gasteiger partial charge in [-0.25, -0.2) is 0 Å². The van der Waals surface area contributed by atoms with Crippen molar-refractivity contribution in [2.45, 2.75) is 12.7 Å². The number of rotatable bonds is 5. The summed E-state index contributed by atoms with van der Waals surface area (Å²) >= 11 is 1.33. The minimum Gasteiger partial charge on any atom is -0.336 e. The molecule has 0 atom stereocenters. The van der Waals surface area contributed by atoms with Gasteiger partial charge in [-0.15, -0.1) is 11.3 Å². The Hall–Kier alpha value is -2.97. The maximum absolute atomic E-state index is 13.1. The normalized spacial score (nSPS) is 15.0. The van der Waals surface area contributed by atoms with Gasteiger partial charge in [0.05, 0.1) is 16.0 Å². The summed E-state index contributed by atoms with van der Waals surface area (Å²) < 4.78 is 38.8. The second-order valence-corrected chi connectivity index (χ2v) is 8.57. The van der Waals surface area contributed by atoms with Crippen LogP contribution in [0.1, 0.15) is 36.7 Å². The van der Waals surface area contributed by atoms with Crippen molar-refractivity contribution in [2.24, 2.45) is 0 Å². The Morgan fingerprint density at radius 1 is 0.875 bits per heavy atom. The lowest BCUT2D eigenvalue weighted by Crippen LogP contribution is -2.48. The molecule has 32 heavy (non-hydrogen) atoms. The van der Waals surface area contributed by atoms with E-state index in [1.807, 2.05) is 10.3 Å². The molecule has 1 saturated heterocycles. The zero-order valence-electron chi connectivity index (χ0n) is 17.1. The molecule has 8 heteroatoms. The van der Waals surface area contributed by atoms with E-state index in [1.54, 1.807) is 47.4 Å². The van der Waals surface area contributed by atoms with Crippen LogP contribution in [0.5, 0.6) is 0 Å². The number of alkyl halides is 3. The Labute approximate surface area is 187 Å². The summed E-state index contributed by atoms with van der Waals surface area (Å²) in [5, 5.41) is 1.82. The number of benzene rings is 2. The molecule has 0 spiro atoms. The van der Waals surface area contributed by atoms with Gasteiger partial charge in [0.15, 0.2) is 0 Å². The van der Waals surface area contributed by atoms with Crippen molar-refractivity contribution in [3.05, 3.63) is 93.2 Å². The Bertz CT molecular complexity index is 1100. The molecule has 0 radical (unpaired) electrons. The molecule has 0 bridgehead atoms. The number of thiophene rings is 1. The largest absolute Gasteiger partial charge is 0.416 e. The Morgan fingerprint density at radius 3 is 2.25 bits per heavy atom. The average molecular weight is 459 g/mol. The molecule has 0 saturated carbocycles. The number of hydrogen-bond acceptors (Lipinski definition) is 4. The molecule has 1 fully saturated rings. The van der Waals surface area contributed by atoms with Crippen LogP contribution < -0.4 is 0 Å². The lowest BCUT2D eigenvalue weighted by atomic mass is 10.0. The maximum atomic E-state index is 13.1. The van der Waals surface area contributed by atoms with Crippen LogP contribution in [0.2, 0.25) is 0 Å². The molecule has 2 aromatic carbocycles. The van der Waals surface area contributed by atoms with E-state index in [2.05, 4.69) is 0 Å². The van der Waals surface area contributed by atoms with Crippen molar-refractivity contribution in [3.8, 4) is 0 Å². The highest BCUT2D eigenvalue weighted by molar-refractivity contribution is 7.12. The van der Waals surface area contributed by atoms with Crippen LogP contribution in [0.4, 0.5) is 13.2 Å². The molecular formula is C24H21F3N2O2S. The number of amides is 1. The van der Waals surface area contributed by atoms with E-state index in [0.29, 0.717) is 54.3 Å². The molecule has 1 aliphatic rings. The van der Waals surface area contributed by atoms with Crippen molar-refractivity contribution in [1.82, 2.24) is 9.80 Å². The minimum atomic E-state index is -4.37. The van der Waals surface area contributed by atoms with Crippen molar-refractivity contribution in [1.29, 1.82) is 0 Å². The topological polar surface area (TPSA) is 40.6 Å². The number of piperazine rings is 1. The number of ketones is 1. The van der Waals surface area contributed by atoms with Gasteiger partial charge in [0, 0.05) is 38.3 Å². The van der Waals surface area contributed by atoms with Crippen molar-refractivity contribution >= 4 is 23.0 Å². The average Bonchev–Trinajstić information content (AvgIpc) is 3.33. The van der Waals surface area contributed by atoms with Crippen LogP contribution in [0.15, 0.2) is 66.0 Å². The third-order valence-corrected chi connectivity index (χ3v) is 6.34. The summed E-state index contributed by atoms with van der Waals surface area (Å²) in [5.74, 6) is -0.378. The Balaban J connectivity index is 1.41. The summed E-state index contributed by atoms with van der Waals surface area (Å²) in [6, 6.07) is 15.7. The highest BCUT2D eigenvalue weighted by Gasteiger charge is 2.31. The molecule has 3 aromatic rings. The van der Waals surface area contributed by atoms with Crippen LogP contribution in [0.3, 0.4) is 0 Å². The lowest BCUT2D eigenvalue weighted by molar-refractivity contribution is -0.137. The Morgan fingerprint density at radius 2 is 1.59 bits per heavy atom. The number of hydrogen-bond donors (Lipinski definition) is 0. The van der Waals surface area contributed by atoms with Crippen LogP contribution in [0.25, 0.3) is 0 Å². The van der Waals surface area contributed by atoms with Gasteiger partial charge in [-0.2, -0.15) is 13.2 Å². The smallest absolute Gasteiger partial charge is 0.336 e. The fourth-order valence-electron chi connectivity index (χ4n) is 3.79. The maximum Gasteiger partial charge on any atom is 0.416 e. The summed E-state index contributed by atoms with van der Waals surface area (Å²) in [7, 11) is 0. The molecule has 1 aromatic heterocycles. The second-order valence-electron chi connectivity index (χ2n) is 7.62. The van der Waals surface area contributed by atoms with Crippen LogP contribution in [-0.4, -0.2) is 47.7 Å². The molecule has 4 rings (SSSR count). The first kappa shape index (κ1) is 22.2. The molecule has 0 aliphatic carbocycles. The minimum absolute atomic E-state index is 0.174. The molecule has 1 aliphatic heterocycles. The molecule has 0 unspecified atom stereocenters. The highest BCUT2D eigenvalue weighted by Crippen LogP contribution is 2.30. The fourth-order valence-corrected chi connectivity index (χ4v) is 4.47. The van der Waals surface area contributed by atoms with Gasteiger partial charge < -0.3 is 4.90 Å². The van der Waals surface area contributed by atoms with E-state index in [1.165, 1.54) is 23.5 Å². The van der Waals surface area contributed by atoms with Gasteiger partial charge in [0.2, 0.25) is 5.78 Å². The van der Waals surface area contributed by atoms with Crippen LogP contribution >= 0.6 is 11.3 Å². The van der Waals surface area contributed by atoms with E-state index in [0.717, 1.165) is 6.07 Å². The first-order chi connectivity index (χ1) is 15.3. The van der Waals surface area contributed by atoms with Gasteiger partial charge in [0.25, 0.3) is 5.91 Å². The molecule has 166 valence electrons. The molecule has 1 amide bonds. The standard InChI is InChI=1S/C24H21F3N2O2S/c25-24(26,27)18-6-3-5-17(15-18)16-28-10-12-29(13-11-28)23(31)20-8-2-1-7-19(20)22(30)21-9-4-14-32-21/h1-9,14-15H,10-13,16H2. The van der Waals surface area contributed by atoms with Crippen LogP contribution in [0, 0.1) is 0 Å². The van der Waals surface area contributed by atoms with E-state index < -0.39 is 11.7 Å². The number of halogens is 3. The predicted octanol–water partition coefficient (Wildman–Crippen LogP) is 4.96. The number of carbonyl (C=O) groups is 2. The zero-order chi connectivity index (χ0) is 22.7. The monoisotopic (exact) mass is 458 g/mol. The highest BCUT2D eigenvalue weighted by atomic mass is 32.1. The summed E-state index contributed by atoms with van der Waals surface area (Å²) in [6.45, 7) is 2.37. The fraction of sp³-hybridized carbons (Fsp3) is 0.250. The second kappa shape index (κ2) is 9.26. The van der Waals surface area contributed by atoms with E-state index >= 15 is 0 Å². The molecular weight excluding hydrogens is 437 g/mol. The number of nitrogens with zero attached hydrogens (tertiary/aromatic N) is 2. The van der Waals surface area contributed by atoms with E-state index in [9.17, 15) is 22.8 Å². The van der Waals surface area contributed by atoms with Crippen molar-refractivity contribution < 1.29 is 22.8 Å². The predicted molar refractivity (Wildman–Crippen MR) is 117 cm³/mol. The van der Waals surface area contributed by atoms with Gasteiger partial charge in [0.1, 0.15) is 0 Å². The van der Waals surface area contributed by atoms with Crippen LogP contribution in [-0.2, 0) is 12.7 Å². The van der Waals surface area contributed by atoms with E-state index in [-0.39, 0.29) is 11.7 Å². The Kier molecular flexibility index (Phi) is 6.43. The van der Waals surface area contributed by atoms with Gasteiger partial charge in [-0.05, 0) is 29.1 Å². The van der Waals surface area contributed by atoms with Gasteiger partial charge in [-0.1, -0.05) is 42.5 Å². The molecule has 2 heterocycles. The van der Waals surface area contributed by atoms with Gasteiger partial charge >= 0.3 is 6.18 Å². The lowest BCUT2D eigenvalue weighted by Gasteiger charge is -2.35. The SMILES string of the molecule is O=C(c1cccs1)c1ccccc1C(=O)N1CCN(Cc2cccc(C(F)(F)F)c2)CC1. The number of carbonyl (C=O) groups excluding carboxylic acids is 2. The summed E-state index contributed by atoms with van der Waals surface area (Å²) in [4.78, 5) is 30.3.